The Kier molecular flexibility index (Phi) is 5.67. The van der Waals surface area contributed by atoms with Crippen LogP contribution in [-0.2, 0) is 0 Å². The lowest BCUT2D eigenvalue weighted by molar-refractivity contribution is 0.0651. The minimum absolute atomic E-state index is 0.190. The summed E-state index contributed by atoms with van der Waals surface area (Å²) >= 11 is 0. The third-order valence-electron chi connectivity index (χ3n) is 3.26. The van der Waals surface area contributed by atoms with E-state index in [0.29, 0.717) is 0 Å². The molecule has 0 saturated heterocycles. The van der Waals surface area contributed by atoms with Crippen LogP contribution in [0.1, 0.15) is 37.4 Å². The van der Waals surface area contributed by atoms with E-state index in [-0.39, 0.29) is 11.1 Å². The van der Waals surface area contributed by atoms with Crippen molar-refractivity contribution in [3.8, 4) is 0 Å². The molecule has 110 valence electrons. The van der Waals surface area contributed by atoms with E-state index in [4.69, 9.17) is 10.2 Å². The topological polar surface area (TPSA) is 74.6 Å². The van der Waals surface area contributed by atoms with E-state index in [1.807, 2.05) is 0 Å². The van der Waals surface area contributed by atoms with Crippen LogP contribution in [0.3, 0.4) is 0 Å². The zero-order chi connectivity index (χ0) is 16.0. The van der Waals surface area contributed by atoms with Gasteiger partial charge < -0.3 is 10.2 Å². The van der Waals surface area contributed by atoms with Crippen LogP contribution >= 0.6 is 0 Å². The van der Waals surface area contributed by atoms with Crippen molar-refractivity contribution in [1.82, 2.24) is 0 Å². The number of aryl methyl sites for hydroxylation is 2. The number of carbonyl (C=O) groups is 2. The summed E-state index contributed by atoms with van der Waals surface area (Å²) in [4.78, 5) is 20.9. The maximum atomic E-state index is 10.5. The van der Waals surface area contributed by atoms with E-state index >= 15 is 0 Å². The Morgan fingerprint density at radius 2 is 1.10 bits per heavy atom. The number of carboxylic acids is 2. The molecule has 0 unspecified atom stereocenters. The molecular weight excluding hydrogens is 268 g/mol. The fourth-order valence-corrected chi connectivity index (χ4v) is 1.75. The summed E-state index contributed by atoms with van der Waals surface area (Å²) in [5.41, 5.74) is 3.80. The van der Waals surface area contributed by atoms with Crippen LogP contribution in [0.5, 0.6) is 0 Å². The average molecular weight is 286 g/mol. The highest BCUT2D eigenvalue weighted by Gasteiger charge is 2.13. The number of rotatable bonds is 2. The number of carboxylic acid groups (broad SMARTS) is 2. The van der Waals surface area contributed by atoms with E-state index in [0.717, 1.165) is 0 Å². The molecular formula is C17H18O4. The van der Waals surface area contributed by atoms with Gasteiger partial charge in [-0.05, 0) is 49.6 Å². The second kappa shape index (κ2) is 7.24. The van der Waals surface area contributed by atoms with Crippen LogP contribution in [0.25, 0.3) is 0 Å². The normalized spacial score (nSPS) is 9.48. The Morgan fingerprint density at radius 1 is 0.714 bits per heavy atom. The standard InChI is InChI=1S/C9H12.C8H6O4/c1-7-5-4-6-8(2)9(7)3;9-7(10)5-3-1-2-4-6(5)8(11)12/h4-6H,1-3H3;1-4H,(H,9,10)(H,11,12). The van der Waals surface area contributed by atoms with Gasteiger partial charge in [0, 0.05) is 0 Å². The highest BCUT2D eigenvalue weighted by Crippen LogP contribution is 2.10. The van der Waals surface area contributed by atoms with Crippen LogP contribution in [0, 0.1) is 20.8 Å². The summed E-state index contributed by atoms with van der Waals surface area (Å²) in [5, 5.41) is 17.1. The quantitative estimate of drug-likeness (QED) is 0.882. The SMILES string of the molecule is Cc1cccc(C)c1C.O=C(O)c1ccccc1C(=O)O. The third kappa shape index (κ3) is 4.45. The van der Waals surface area contributed by atoms with Crippen molar-refractivity contribution < 1.29 is 19.8 Å². The van der Waals surface area contributed by atoms with Crippen LogP contribution in [0.15, 0.2) is 42.5 Å². The van der Waals surface area contributed by atoms with Crippen molar-refractivity contribution in [2.45, 2.75) is 20.8 Å². The van der Waals surface area contributed by atoms with E-state index < -0.39 is 11.9 Å². The van der Waals surface area contributed by atoms with Crippen molar-refractivity contribution in [1.29, 1.82) is 0 Å². The van der Waals surface area contributed by atoms with Crippen LogP contribution in [-0.4, -0.2) is 22.2 Å². The van der Waals surface area contributed by atoms with Crippen LogP contribution in [0.4, 0.5) is 0 Å². The molecule has 0 bridgehead atoms. The number of hydrogen-bond donors (Lipinski definition) is 2. The molecule has 0 aliphatic rings. The van der Waals surface area contributed by atoms with Gasteiger partial charge in [0.1, 0.15) is 0 Å². The lowest BCUT2D eigenvalue weighted by Crippen LogP contribution is -2.06. The molecule has 2 aromatic rings. The summed E-state index contributed by atoms with van der Waals surface area (Å²) < 4.78 is 0. The Hall–Kier alpha value is -2.62. The van der Waals surface area contributed by atoms with Gasteiger partial charge in [-0.1, -0.05) is 30.3 Å². The second-order valence-corrected chi connectivity index (χ2v) is 4.67. The molecule has 0 amide bonds. The van der Waals surface area contributed by atoms with E-state index in [1.54, 1.807) is 0 Å². The Bertz CT molecular complexity index is 606. The predicted molar refractivity (Wildman–Crippen MR) is 81.0 cm³/mol. The first-order valence-corrected chi connectivity index (χ1v) is 6.43. The van der Waals surface area contributed by atoms with Gasteiger partial charge in [-0.25, -0.2) is 9.59 Å². The molecule has 0 spiro atoms. The van der Waals surface area contributed by atoms with E-state index in [9.17, 15) is 9.59 Å². The molecule has 4 heteroatoms. The van der Waals surface area contributed by atoms with Gasteiger partial charge in [0.15, 0.2) is 0 Å². The van der Waals surface area contributed by atoms with Gasteiger partial charge in [-0.15, -0.1) is 0 Å². The largest absolute Gasteiger partial charge is 0.478 e. The first kappa shape index (κ1) is 16.4. The number of hydrogen-bond acceptors (Lipinski definition) is 2. The molecule has 0 aliphatic heterocycles. The van der Waals surface area contributed by atoms with Crippen molar-refractivity contribution >= 4 is 11.9 Å². The molecule has 0 saturated carbocycles. The van der Waals surface area contributed by atoms with Gasteiger partial charge in [0.05, 0.1) is 11.1 Å². The first-order valence-electron chi connectivity index (χ1n) is 6.43. The molecule has 2 rings (SSSR count). The van der Waals surface area contributed by atoms with Crippen molar-refractivity contribution in [2.24, 2.45) is 0 Å². The summed E-state index contributed by atoms with van der Waals surface area (Å²) in [5.74, 6) is -2.46. The monoisotopic (exact) mass is 286 g/mol. The predicted octanol–water partition coefficient (Wildman–Crippen LogP) is 3.69. The number of benzene rings is 2. The summed E-state index contributed by atoms with van der Waals surface area (Å²) in [7, 11) is 0. The van der Waals surface area contributed by atoms with Crippen LogP contribution < -0.4 is 0 Å². The van der Waals surface area contributed by atoms with Crippen molar-refractivity contribution in [3.63, 3.8) is 0 Å². The molecule has 0 atom stereocenters. The summed E-state index contributed by atoms with van der Waals surface area (Å²) in [6, 6.07) is 11.9. The van der Waals surface area contributed by atoms with Gasteiger partial charge in [-0.2, -0.15) is 0 Å². The summed E-state index contributed by atoms with van der Waals surface area (Å²) in [6.45, 7) is 6.44. The fraction of sp³-hybridized carbons (Fsp3) is 0.176. The Morgan fingerprint density at radius 3 is 1.38 bits per heavy atom. The molecule has 0 heterocycles. The maximum absolute atomic E-state index is 10.5. The van der Waals surface area contributed by atoms with Crippen LogP contribution in [0.2, 0.25) is 0 Å². The lowest BCUT2D eigenvalue weighted by atomic mass is 10.1. The Balaban J connectivity index is 0.000000219. The zero-order valence-electron chi connectivity index (χ0n) is 12.3. The van der Waals surface area contributed by atoms with Gasteiger partial charge >= 0.3 is 11.9 Å². The molecule has 0 aromatic heterocycles. The van der Waals surface area contributed by atoms with Crippen molar-refractivity contribution in [2.75, 3.05) is 0 Å². The highest BCUT2D eigenvalue weighted by atomic mass is 16.4. The van der Waals surface area contributed by atoms with Crippen molar-refractivity contribution in [3.05, 3.63) is 70.3 Å². The molecule has 0 radical (unpaired) electrons. The Labute approximate surface area is 123 Å². The minimum Gasteiger partial charge on any atom is -0.478 e. The van der Waals surface area contributed by atoms with Gasteiger partial charge in [-0.3, -0.25) is 0 Å². The molecule has 2 N–H and O–H groups in total. The van der Waals surface area contributed by atoms with Gasteiger partial charge in [0.25, 0.3) is 0 Å². The lowest BCUT2D eigenvalue weighted by Gasteiger charge is -2.00. The van der Waals surface area contributed by atoms with E-state index in [1.165, 1.54) is 41.0 Å². The molecule has 0 aliphatic carbocycles. The average Bonchev–Trinajstić information content (AvgIpc) is 2.45. The van der Waals surface area contributed by atoms with Gasteiger partial charge in [0.2, 0.25) is 0 Å². The zero-order valence-corrected chi connectivity index (χ0v) is 12.3. The molecule has 21 heavy (non-hydrogen) atoms. The smallest absolute Gasteiger partial charge is 0.336 e. The maximum Gasteiger partial charge on any atom is 0.336 e. The van der Waals surface area contributed by atoms with E-state index in [2.05, 4.69) is 39.0 Å². The molecule has 4 nitrogen and oxygen atoms in total. The fourth-order valence-electron chi connectivity index (χ4n) is 1.75. The number of aromatic carboxylic acids is 2. The highest BCUT2D eigenvalue weighted by molar-refractivity contribution is 6.01. The molecule has 2 aromatic carbocycles. The second-order valence-electron chi connectivity index (χ2n) is 4.67. The first-order chi connectivity index (χ1) is 9.84. The summed E-state index contributed by atoms with van der Waals surface area (Å²) in [6.07, 6.45) is 0. The minimum atomic E-state index is -1.23. The third-order valence-corrected chi connectivity index (χ3v) is 3.26. The molecule has 0 fully saturated rings.